The summed E-state index contributed by atoms with van der Waals surface area (Å²) in [6.45, 7) is 4.37. The zero-order valence-corrected chi connectivity index (χ0v) is 13.7. The highest BCUT2D eigenvalue weighted by atomic mass is 32.1. The van der Waals surface area contributed by atoms with E-state index in [2.05, 4.69) is 66.9 Å². The quantitative estimate of drug-likeness (QED) is 0.522. The van der Waals surface area contributed by atoms with Crippen LogP contribution in [0.15, 0.2) is 60.7 Å². The molecule has 106 valence electrons. The van der Waals surface area contributed by atoms with Crippen molar-refractivity contribution in [2.45, 2.75) is 19.9 Å². The number of rotatable bonds is 3. The highest BCUT2D eigenvalue weighted by Crippen LogP contribution is 2.39. The molecule has 0 unspecified atom stereocenters. The molecule has 3 heteroatoms. The standard InChI is InChI=1S/C18H17NS2/c1-13(2)19-16(14-9-5-3-6-10-14)17(21-18(19)20)15-11-7-4-8-12-15/h3-13H,1-2H3. The Morgan fingerprint density at radius 1 is 0.857 bits per heavy atom. The maximum absolute atomic E-state index is 5.62. The first-order chi connectivity index (χ1) is 10.2. The van der Waals surface area contributed by atoms with Gasteiger partial charge in [-0.2, -0.15) is 0 Å². The molecule has 2 aromatic carbocycles. The van der Waals surface area contributed by atoms with Gasteiger partial charge in [0, 0.05) is 6.04 Å². The summed E-state index contributed by atoms with van der Waals surface area (Å²) in [6.07, 6.45) is 0. The van der Waals surface area contributed by atoms with Crippen molar-refractivity contribution in [3.63, 3.8) is 0 Å². The minimum atomic E-state index is 0.349. The molecule has 3 aromatic rings. The van der Waals surface area contributed by atoms with Crippen LogP contribution >= 0.6 is 23.6 Å². The maximum Gasteiger partial charge on any atom is 0.162 e. The molecule has 0 saturated carbocycles. The first-order valence-electron chi connectivity index (χ1n) is 7.04. The molecule has 0 amide bonds. The van der Waals surface area contributed by atoms with Gasteiger partial charge in [-0.05, 0) is 37.2 Å². The van der Waals surface area contributed by atoms with Gasteiger partial charge in [-0.3, -0.25) is 0 Å². The summed E-state index contributed by atoms with van der Waals surface area (Å²) in [5.41, 5.74) is 3.68. The topological polar surface area (TPSA) is 4.93 Å². The predicted octanol–water partition coefficient (Wildman–Crippen LogP) is 6.19. The van der Waals surface area contributed by atoms with Crippen LogP contribution in [0.2, 0.25) is 0 Å². The van der Waals surface area contributed by atoms with Gasteiger partial charge < -0.3 is 4.57 Å². The van der Waals surface area contributed by atoms with Gasteiger partial charge in [-0.15, -0.1) is 11.3 Å². The zero-order valence-electron chi connectivity index (χ0n) is 12.1. The van der Waals surface area contributed by atoms with E-state index >= 15 is 0 Å². The highest BCUT2D eigenvalue weighted by Gasteiger charge is 2.17. The molecular formula is C18H17NS2. The van der Waals surface area contributed by atoms with Crippen molar-refractivity contribution in [1.29, 1.82) is 0 Å². The van der Waals surface area contributed by atoms with Gasteiger partial charge in [0.2, 0.25) is 0 Å². The van der Waals surface area contributed by atoms with E-state index < -0.39 is 0 Å². The van der Waals surface area contributed by atoms with Gasteiger partial charge in [-0.1, -0.05) is 60.7 Å². The van der Waals surface area contributed by atoms with Crippen molar-refractivity contribution in [2.24, 2.45) is 0 Å². The Morgan fingerprint density at radius 2 is 1.38 bits per heavy atom. The molecule has 1 nitrogen and oxygen atoms in total. The lowest BCUT2D eigenvalue weighted by Crippen LogP contribution is -2.03. The molecule has 1 aromatic heterocycles. The number of nitrogens with zero attached hydrogens (tertiary/aromatic N) is 1. The fourth-order valence-electron chi connectivity index (χ4n) is 2.51. The van der Waals surface area contributed by atoms with Crippen molar-refractivity contribution in [3.8, 4) is 21.7 Å². The van der Waals surface area contributed by atoms with E-state index in [0.717, 1.165) is 3.95 Å². The Balaban J connectivity index is 2.32. The van der Waals surface area contributed by atoms with Gasteiger partial charge in [-0.25, -0.2) is 0 Å². The van der Waals surface area contributed by atoms with Crippen LogP contribution in [0.1, 0.15) is 19.9 Å². The molecule has 21 heavy (non-hydrogen) atoms. The van der Waals surface area contributed by atoms with Gasteiger partial charge in [0.1, 0.15) is 0 Å². The minimum absolute atomic E-state index is 0.349. The second kappa shape index (κ2) is 5.96. The Kier molecular flexibility index (Phi) is 4.04. The van der Waals surface area contributed by atoms with Crippen molar-refractivity contribution in [2.75, 3.05) is 0 Å². The molecule has 1 heterocycles. The Bertz CT molecular complexity index is 783. The van der Waals surface area contributed by atoms with E-state index in [1.807, 2.05) is 12.1 Å². The van der Waals surface area contributed by atoms with Crippen molar-refractivity contribution in [1.82, 2.24) is 4.57 Å². The first-order valence-corrected chi connectivity index (χ1v) is 8.27. The van der Waals surface area contributed by atoms with Crippen LogP contribution in [-0.4, -0.2) is 4.57 Å². The van der Waals surface area contributed by atoms with Crippen LogP contribution in [0, 0.1) is 3.95 Å². The second-order valence-corrected chi connectivity index (χ2v) is 6.89. The lowest BCUT2D eigenvalue weighted by Gasteiger charge is -2.14. The average molecular weight is 311 g/mol. The maximum atomic E-state index is 5.62. The van der Waals surface area contributed by atoms with E-state index in [1.165, 1.54) is 21.7 Å². The Morgan fingerprint density at radius 3 is 1.90 bits per heavy atom. The fourth-order valence-corrected chi connectivity index (χ4v) is 4.20. The van der Waals surface area contributed by atoms with Crippen LogP contribution in [0.4, 0.5) is 0 Å². The number of aromatic nitrogens is 1. The largest absolute Gasteiger partial charge is 0.320 e. The van der Waals surface area contributed by atoms with Crippen LogP contribution in [0.25, 0.3) is 21.7 Å². The average Bonchev–Trinajstić information content (AvgIpc) is 2.86. The van der Waals surface area contributed by atoms with Crippen LogP contribution < -0.4 is 0 Å². The van der Waals surface area contributed by atoms with E-state index in [1.54, 1.807) is 11.3 Å². The second-order valence-electron chi connectivity index (χ2n) is 5.24. The first kappa shape index (κ1) is 14.2. The molecule has 0 aliphatic carbocycles. The minimum Gasteiger partial charge on any atom is -0.320 e. The zero-order chi connectivity index (χ0) is 14.8. The molecule has 0 N–H and O–H groups in total. The van der Waals surface area contributed by atoms with Gasteiger partial charge in [0.25, 0.3) is 0 Å². The molecule has 0 fully saturated rings. The van der Waals surface area contributed by atoms with Crippen molar-refractivity contribution < 1.29 is 0 Å². The summed E-state index contributed by atoms with van der Waals surface area (Å²) >= 11 is 7.31. The van der Waals surface area contributed by atoms with Gasteiger partial charge in [0.05, 0.1) is 10.6 Å². The lowest BCUT2D eigenvalue weighted by molar-refractivity contribution is 0.607. The van der Waals surface area contributed by atoms with E-state index in [4.69, 9.17) is 12.2 Å². The van der Waals surface area contributed by atoms with Crippen molar-refractivity contribution in [3.05, 3.63) is 64.6 Å². The monoisotopic (exact) mass is 311 g/mol. The van der Waals surface area contributed by atoms with E-state index in [-0.39, 0.29) is 0 Å². The van der Waals surface area contributed by atoms with E-state index in [9.17, 15) is 0 Å². The SMILES string of the molecule is CC(C)n1c(-c2ccccc2)c(-c2ccccc2)sc1=S. The molecule has 0 spiro atoms. The highest BCUT2D eigenvalue weighted by molar-refractivity contribution is 7.73. The third kappa shape index (κ3) is 2.71. The molecule has 0 atom stereocenters. The fraction of sp³-hybridized carbons (Fsp3) is 0.167. The van der Waals surface area contributed by atoms with Gasteiger partial charge in [0.15, 0.2) is 3.95 Å². The number of hydrogen-bond acceptors (Lipinski definition) is 2. The summed E-state index contributed by atoms with van der Waals surface area (Å²) in [5, 5.41) is 0. The summed E-state index contributed by atoms with van der Waals surface area (Å²) < 4.78 is 3.19. The number of thiazole rings is 1. The lowest BCUT2D eigenvalue weighted by atomic mass is 10.1. The molecule has 0 radical (unpaired) electrons. The Labute approximate surface area is 134 Å². The number of hydrogen-bond donors (Lipinski definition) is 0. The van der Waals surface area contributed by atoms with Crippen LogP contribution in [0.5, 0.6) is 0 Å². The van der Waals surface area contributed by atoms with Crippen LogP contribution in [-0.2, 0) is 0 Å². The molecule has 0 saturated heterocycles. The Hall–Kier alpha value is -1.71. The molecule has 3 rings (SSSR count). The molecule has 0 aliphatic heterocycles. The molecular weight excluding hydrogens is 294 g/mol. The predicted molar refractivity (Wildman–Crippen MR) is 94.4 cm³/mol. The summed E-state index contributed by atoms with van der Waals surface area (Å²) in [6, 6.07) is 21.4. The molecule has 0 bridgehead atoms. The van der Waals surface area contributed by atoms with Crippen molar-refractivity contribution >= 4 is 23.6 Å². The van der Waals surface area contributed by atoms with Crippen LogP contribution in [0.3, 0.4) is 0 Å². The summed E-state index contributed by atoms with van der Waals surface area (Å²) in [4.78, 5) is 1.25. The third-order valence-electron chi connectivity index (χ3n) is 3.44. The summed E-state index contributed by atoms with van der Waals surface area (Å²) in [5.74, 6) is 0. The van der Waals surface area contributed by atoms with E-state index in [0.29, 0.717) is 6.04 Å². The molecule has 0 aliphatic rings. The summed E-state index contributed by atoms with van der Waals surface area (Å²) in [7, 11) is 0. The smallest absolute Gasteiger partial charge is 0.162 e. The third-order valence-corrected chi connectivity index (χ3v) is 4.89. The van der Waals surface area contributed by atoms with Gasteiger partial charge >= 0.3 is 0 Å². The number of benzene rings is 2. The normalized spacial score (nSPS) is 11.0.